The van der Waals surface area contributed by atoms with E-state index in [-0.39, 0.29) is 11.3 Å². The van der Waals surface area contributed by atoms with Gasteiger partial charge in [-0.05, 0) is 12.1 Å². The van der Waals surface area contributed by atoms with Crippen LogP contribution in [0.25, 0.3) is 0 Å². The Balaban J connectivity index is 3.04. The van der Waals surface area contributed by atoms with Crippen molar-refractivity contribution in [2.45, 2.75) is 19.7 Å². The van der Waals surface area contributed by atoms with Crippen LogP contribution in [0.5, 0.6) is 5.75 Å². The number of carbonyl (C=O) groups excluding carboxylic acids is 2. The van der Waals surface area contributed by atoms with E-state index in [1.165, 1.54) is 13.1 Å². The van der Waals surface area contributed by atoms with Gasteiger partial charge in [0.25, 0.3) is 0 Å². The van der Waals surface area contributed by atoms with E-state index < -0.39 is 30.4 Å². The first-order chi connectivity index (χ1) is 9.24. The molecule has 1 aromatic rings. The quantitative estimate of drug-likeness (QED) is 0.686. The van der Waals surface area contributed by atoms with Crippen LogP contribution in [0.4, 0.5) is 18.0 Å². The van der Waals surface area contributed by atoms with Gasteiger partial charge in [-0.3, -0.25) is 4.79 Å². The van der Waals surface area contributed by atoms with Crippen LogP contribution in [0.1, 0.15) is 18.1 Å². The molecule has 0 saturated carbocycles. The lowest BCUT2D eigenvalue weighted by Crippen LogP contribution is -2.20. The van der Waals surface area contributed by atoms with E-state index in [1.54, 1.807) is 0 Å². The minimum Gasteiger partial charge on any atom is -0.445 e. The highest BCUT2D eigenvalue weighted by Crippen LogP contribution is 2.34. The maximum Gasteiger partial charge on any atom is 0.416 e. The molecule has 0 aromatic heterocycles. The van der Waals surface area contributed by atoms with E-state index in [4.69, 9.17) is 0 Å². The van der Waals surface area contributed by atoms with Gasteiger partial charge in [-0.2, -0.15) is 13.2 Å². The van der Waals surface area contributed by atoms with Crippen LogP contribution in [-0.4, -0.2) is 19.1 Å². The second-order valence-corrected chi connectivity index (χ2v) is 3.74. The van der Waals surface area contributed by atoms with E-state index in [0.717, 1.165) is 13.0 Å². The van der Waals surface area contributed by atoms with Crippen LogP contribution >= 0.6 is 0 Å². The Bertz CT molecular complexity index is 514. The maximum absolute atomic E-state index is 12.9. The van der Waals surface area contributed by atoms with Crippen molar-refractivity contribution in [3.05, 3.63) is 29.3 Å². The first-order valence-corrected chi connectivity index (χ1v) is 5.47. The standard InChI is InChI=1S/C12H12F3NO4/c1-7(17)20-9-4-3-8(6-19-11(18)16-2)10(5-9)12(13,14)15/h3-5H,6H2,1-2H3,(H,16,18). The van der Waals surface area contributed by atoms with Gasteiger partial charge in [0.2, 0.25) is 0 Å². The van der Waals surface area contributed by atoms with Gasteiger partial charge >= 0.3 is 18.2 Å². The zero-order chi connectivity index (χ0) is 15.3. The number of hydrogen-bond acceptors (Lipinski definition) is 4. The Kier molecular flexibility index (Phi) is 4.95. The fourth-order valence-corrected chi connectivity index (χ4v) is 1.39. The van der Waals surface area contributed by atoms with Crippen molar-refractivity contribution in [3.8, 4) is 5.75 Å². The van der Waals surface area contributed by atoms with E-state index in [2.05, 4.69) is 14.8 Å². The number of alkyl carbamates (subject to hydrolysis) is 1. The van der Waals surface area contributed by atoms with Gasteiger partial charge in [-0.25, -0.2) is 4.79 Å². The molecule has 0 aliphatic rings. The van der Waals surface area contributed by atoms with Crippen molar-refractivity contribution in [1.82, 2.24) is 5.32 Å². The number of ether oxygens (including phenoxy) is 2. The monoisotopic (exact) mass is 291 g/mol. The van der Waals surface area contributed by atoms with E-state index in [9.17, 15) is 22.8 Å². The second kappa shape index (κ2) is 6.27. The highest BCUT2D eigenvalue weighted by atomic mass is 19.4. The summed E-state index contributed by atoms with van der Waals surface area (Å²) < 4.78 is 47.8. The maximum atomic E-state index is 12.9. The van der Waals surface area contributed by atoms with Crippen LogP contribution in [0.15, 0.2) is 18.2 Å². The number of esters is 1. The number of nitrogens with one attached hydrogen (secondary N) is 1. The third-order valence-electron chi connectivity index (χ3n) is 2.21. The fraction of sp³-hybridized carbons (Fsp3) is 0.333. The first kappa shape index (κ1) is 15.8. The van der Waals surface area contributed by atoms with Crippen molar-refractivity contribution in [3.63, 3.8) is 0 Å². The molecule has 1 amide bonds. The zero-order valence-electron chi connectivity index (χ0n) is 10.7. The van der Waals surface area contributed by atoms with Gasteiger partial charge < -0.3 is 14.8 Å². The number of benzene rings is 1. The van der Waals surface area contributed by atoms with E-state index in [1.807, 2.05) is 0 Å². The summed E-state index contributed by atoms with van der Waals surface area (Å²) in [5, 5.41) is 2.12. The molecule has 110 valence electrons. The zero-order valence-corrected chi connectivity index (χ0v) is 10.7. The van der Waals surface area contributed by atoms with Gasteiger partial charge in [-0.1, -0.05) is 6.07 Å². The molecule has 1 rings (SSSR count). The average Bonchev–Trinajstić information content (AvgIpc) is 2.34. The number of hydrogen-bond donors (Lipinski definition) is 1. The molecule has 0 radical (unpaired) electrons. The summed E-state index contributed by atoms with van der Waals surface area (Å²) in [6.45, 7) is 0.532. The van der Waals surface area contributed by atoms with Crippen LogP contribution in [0, 0.1) is 0 Å². The van der Waals surface area contributed by atoms with Gasteiger partial charge in [0.1, 0.15) is 12.4 Å². The number of amides is 1. The largest absolute Gasteiger partial charge is 0.445 e. The summed E-state index contributed by atoms with van der Waals surface area (Å²) in [5.41, 5.74) is -1.27. The summed E-state index contributed by atoms with van der Waals surface area (Å²) in [6, 6.07) is 2.97. The molecule has 0 saturated heterocycles. The molecule has 0 aliphatic heterocycles. The third-order valence-corrected chi connectivity index (χ3v) is 2.21. The van der Waals surface area contributed by atoms with Crippen molar-refractivity contribution < 1.29 is 32.2 Å². The molecule has 0 atom stereocenters. The average molecular weight is 291 g/mol. The molecule has 0 spiro atoms. The molecule has 1 aromatic carbocycles. The topological polar surface area (TPSA) is 64.6 Å². The number of alkyl halides is 3. The molecular weight excluding hydrogens is 279 g/mol. The Morgan fingerprint density at radius 3 is 2.45 bits per heavy atom. The van der Waals surface area contributed by atoms with Gasteiger partial charge in [0.05, 0.1) is 5.56 Å². The highest BCUT2D eigenvalue weighted by Gasteiger charge is 2.34. The molecule has 0 unspecified atom stereocenters. The van der Waals surface area contributed by atoms with Crippen LogP contribution in [0.2, 0.25) is 0 Å². The molecule has 0 heterocycles. The third kappa shape index (κ3) is 4.45. The van der Waals surface area contributed by atoms with Crippen molar-refractivity contribution in [1.29, 1.82) is 0 Å². The highest BCUT2D eigenvalue weighted by molar-refractivity contribution is 5.69. The van der Waals surface area contributed by atoms with Crippen molar-refractivity contribution >= 4 is 12.1 Å². The van der Waals surface area contributed by atoms with Crippen LogP contribution in [0.3, 0.4) is 0 Å². The Hall–Kier alpha value is -2.25. The first-order valence-electron chi connectivity index (χ1n) is 5.47. The van der Waals surface area contributed by atoms with Gasteiger partial charge in [-0.15, -0.1) is 0 Å². The van der Waals surface area contributed by atoms with Crippen molar-refractivity contribution in [2.24, 2.45) is 0 Å². The summed E-state index contributed by atoms with van der Waals surface area (Å²) in [5.74, 6) is -0.957. The Morgan fingerprint density at radius 1 is 1.30 bits per heavy atom. The Morgan fingerprint density at radius 2 is 1.95 bits per heavy atom. The van der Waals surface area contributed by atoms with E-state index >= 15 is 0 Å². The lowest BCUT2D eigenvalue weighted by molar-refractivity contribution is -0.139. The SMILES string of the molecule is CNC(=O)OCc1ccc(OC(C)=O)cc1C(F)(F)F. The normalized spacial score (nSPS) is 10.8. The number of halogens is 3. The summed E-state index contributed by atoms with van der Waals surface area (Å²) >= 11 is 0. The number of carbonyl (C=O) groups is 2. The second-order valence-electron chi connectivity index (χ2n) is 3.74. The van der Waals surface area contributed by atoms with Crippen LogP contribution in [-0.2, 0) is 22.3 Å². The predicted octanol–water partition coefficient (Wildman–Crippen LogP) is 2.49. The minimum atomic E-state index is -4.66. The summed E-state index contributed by atoms with van der Waals surface area (Å²) in [4.78, 5) is 21.6. The lowest BCUT2D eigenvalue weighted by atomic mass is 10.1. The fourth-order valence-electron chi connectivity index (χ4n) is 1.39. The molecule has 1 N–H and O–H groups in total. The summed E-state index contributed by atoms with van der Waals surface area (Å²) in [7, 11) is 1.29. The van der Waals surface area contributed by atoms with Gasteiger partial charge in [0, 0.05) is 19.5 Å². The molecule has 5 nitrogen and oxygen atoms in total. The predicted molar refractivity (Wildman–Crippen MR) is 62.0 cm³/mol. The molecule has 20 heavy (non-hydrogen) atoms. The molecule has 0 fully saturated rings. The van der Waals surface area contributed by atoms with Gasteiger partial charge in [0.15, 0.2) is 0 Å². The van der Waals surface area contributed by atoms with E-state index in [0.29, 0.717) is 6.07 Å². The summed E-state index contributed by atoms with van der Waals surface area (Å²) in [6.07, 6.45) is -5.50. The Labute approximate surface area is 112 Å². The van der Waals surface area contributed by atoms with Crippen LogP contribution < -0.4 is 10.1 Å². The number of rotatable bonds is 3. The molecule has 8 heteroatoms. The lowest BCUT2D eigenvalue weighted by Gasteiger charge is -2.14. The molecule has 0 bridgehead atoms. The smallest absolute Gasteiger partial charge is 0.416 e. The minimum absolute atomic E-state index is 0.228. The van der Waals surface area contributed by atoms with Crippen molar-refractivity contribution in [2.75, 3.05) is 7.05 Å². The molecular formula is C12H12F3NO4. The molecule has 0 aliphatic carbocycles.